The topological polar surface area (TPSA) is 71.1 Å². The summed E-state index contributed by atoms with van der Waals surface area (Å²) in [7, 11) is 0. The molecule has 0 amide bonds. The quantitative estimate of drug-likeness (QED) is 0.377. The van der Waals surface area contributed by atoms with Crippen molar-refractivity contribution in [3.63, 3.8) is 0 Å². The molecule has 3 N–H and O–H groups in total. The van der Waals surface area contributed by atoms with Crippen molar-refractivity contribution in [1.29, 1.82) is 0 Å². The van der Waals surface area contributed by atoms with E-state index >= 15 is 0 Å². The van der Waals surface area contributed by atoms with Gasteiger partial charge < -0.3 is 20.6 Å². The van der Waals surface area contributed by atoms with Crippen molar-refractivity contribution in [1.82, 2.24) is 0 Å². The van der Waals surface area contributed by atoms with E-state index in [2.05, 4.69) is 23.0 Å². The molecule has 0 bridgehead atoms. The minimum Gasteiger partial charge on any atom is -0.409 e. The number of nitrogens with zero attached hydrogens (tertiary/aromatic N) is 2. The number of aryl methyl sites for hydroxylation is 1. The predicted molar refractivity (Wildman–Crippen MR) is 75.9 cm³/mol. The van der Waals surface area contributed by atoms with Crippen molar-refractivity contribution < 1.29 is 9.94 Å². The molecule has 1 aromatic rings. The predicted octanol–water partition coefficient (Wildman–Crippen LogP) is 1.70. The molecule has 2 rings (SSSR count). The highest BCUT2D eigenvalue weighted by molar-refractivity contribution is 6.02. The van der Waals surface area contributed by atoms with Crippen LogP contribution in [0, 0.1) is 6.92 Å². The highest BCUT2D eigenvalue weighted by Gasteiger charge is 2.22. The molecule has 1 aromatic carbocycles. The second kappa shape index (κ2) is 5.93. The smallest absolute Gasteiger partial charge is 0.172 e. The van der Waals surface area contributed by atoms with Crippen LogP contribution in [0.2, 0.25) is 0 Å². The number of ether oxygens (including phenoxy) is 1. The fraction of sp³-hybridized carbons (Fsp3) is 0.500. The highest BCUT2D eigenvalue weighted by Crippen LogP contribution is 2.25. The van der Waals surface area contributed by atoms with Gasteiger partial charge in [0.1, 0.15) is 0 Å². The van der Waals surface area contributed by atoms with Crippen LogP contribution in [-0.2, 0) is 4.74 Å². The molecular formula is C14H21N3O2. The van der Waals surface area contributed by atoms with Gasteiger partial charge in [0, 0.05) is 24.3 Å². The van der Waals surface area contributed by atoms with Crippen LogP contribution >= 0.6 is 0 Å². The van der Waals surface area contributed by atoms with Gasteiger partial charge in [-0.05, 0) is 31.0 Å². The normalized spacial score (nSPS) is 20.6. The van der Waals surface area contributed by atoms with E-state index in [9.17, 15) is 0 Å². The Hall–Kier alpha value is -1.75. The maximum atomic E-state index is 8.90. The molecule has 1 fully saturated rings. The molecule has 104 valence electrons. The van der Waals surface area contributed by atoms with E-state index in [1.54, 1.807) is 0 Å². The van der Waals surface area contributed by atoms with Crippen molar-refractivity contribution in [3.8, 4) is 0 Å². The van der Waals surface area contributed by atoms with Crippen molar-refractivity contribution in [2.24, 2.45) is 10.9 Å². The van der Waals surface area contributed by atoms with Gasteiger partial charge >= 0.3 is 0 Å². The molecule has 5 heteroatoms. The third-order valence-electron chi connectivity index (χ3n) is 3.47. The molecule has 0 spiro atoms. The lowest BCUT2D eigenvalue weighted by Crippen LogP contribution is -2.43. The van der Waals surface area contributed by atoms with Crippen molar-refractivity contribution in [3.05, 3.63) is 29.3 Å². The van der Waals surface area contributed by atoms with Crippen LogP contribution < -0.4 is 10.6 Å². The summed E-state index contributed by atoms with van der Waals surface area (Å²) in [6.07, 6.45) is 1.23. The molecular weight excluding hydrogens is 242 g/mol. The molecule has 0 aliphatic carbocycles. The van der Waals surface area contributed by atoms with Gasteiger partial charge in [0.15, 0.2) is 5.84 Å². The number of hydrogen-bond donors (Lipinski definition) is 2. The maximum absolute atomic E-state index is 8.90. The molecule has 0 radical (unpaired) electrons. The minimum atomic E-state index is 0.148. The fourth-order valence-corrected chi connectivity index (χ4v) is 2.36. The average Bonchev–Trinajstić information content (AvgIpc) is 2.46. The number of nitrogens with two attached hydrogens (primary N) is 1. The van der Waals surface area contributed by atoms with Crippen LogP contribution in [0.15, 0.2) is 23.4 Å². The SMILES string of the molecule is CCC1CN(c2cc(C)ccc2C(N)=NO)CCO1. The minimum absolute atomic E-state index is 0.148. The summed E-state index contributed by atoms with van der Waals surface area (Å²) in [5.74, 6) is 0.148. The Morgan fingerprint density at radius 3 is 3.05 bits per heavy atom. The third-order valence-corrected chi connectivity index (χ3v) is 3.47. The largest absolute Gasteiger partial charge is 0.409 e. The zero-order valence-electron chi connectivity index (χ0n) is 11.5. The zero-order valence-corrected chi connectivity index (χ0v) is 11.5. The van der Waals surface area contributed by atoms with Gasteiger partial charge in [-0.1, -0.05) is 18.1 Å². The van der Waals surface area contributed by atoms with Crippen LogP contribution in [0.4, 0.5) is 5.69 Å². The third kappa shape index (κ3) is 2.98. The van der Waals surface area contributed by atoms with E-state index in [4.69, 9.17) is 15.7 Å². The van der Waals surface area contributed by atoms with Gasteiger partial charge in [-0.2, -0.15) is 0 Å². The summed E-state index contributed by atoms with van der Waals surface area (Å²) in [4.78, 5) is 2.25. The molecule has 1 aliphatic rings. The van der Waals surface area contributed by atoms with Crippen molar-refractivity contribution in [2.45, 2.75) is 26.4 Å². The number of anilines is 1. The maximum Gasteiger partial charge on any atom is 0.172 e. The van der Waals surface area contributed by atoms with E-state index in [0.717, 1.165) is 36.3 Å². The van der Waals surface area contributed by atoms with E-state index < -0.39 is 0 Å². The monoisotopic (exact) mass is 263 g/mol. The van der Waals surface area contributed by atoms with Crippen LogP contribution in [0.25, 0.3) is 0 Å². The first kappa shape index (κ1) is 13.7. The highest BCUT2D eigenvalue weighted by atomic mass is 16.5. The Labute approximate surface area is 113 Å². The second-order valence-electron chi connectivity index (χ2n) is 4.85. The summed E-state index contributed by atoms with van der Waals surface area (Å²) >= 11 is 0. The van der Waals surface area contributed by atoms with Gasteiger partial charge in [-0.3, -0.25) is 0 Å². The Morgan fingerprint density at radius 2 is 2.37 bits per heavy atom. The van der Waals surface area contributed by atoms with Gasteiger partial charge in [-0.15, -0.1) is 0 Å². The molecule has 1 saturated heterocycles. The van der Waals surface area contributed by atoms with E-state index in [1.807, 2.05) is 19.1 Å². The molecule has 1 atom stereocenters. The van der Waals surface area contributed by atoms with Crippen molar-refractivity contribution >= 4 is 11.5 Å². The first-order valence-corrected chi connectivity index (χ1v) is 6.60. The van der Waals surface area contributed by atoms with Gasteiger partial charge in [-0.25, -0.2) is 0 Å². The van der Waals surface area contributed by atoms with E-state index in [-0.39, 0.29) is 11.9 Å². The Morgan fingerprint density at radius 1 is 1.58 bits per heavy atom. The Kier molecular flexibility index (Phi) is 4.27. The number of benzene rings is 1. The van der Waals surface area contributed by atoms with Crippen molar-refractivity contribution in [2.75, 3.05) is 24.6 Å². The standard InChI is InChI=1S/C14H21N3O2/c1-3-11-9-17(6-7-19-11)13-8-10(2)4-5-12(13)14(15)16-18/h4-5,8,11,18H,3,6-7,9H2,1-2H3,(H2,15,16). The summed E-state index contributed by atoms with van der Waals surface area (Å²) in [5, 5.41) is 12.0. The van der Waals surface area contributed by atoms with Gasteiger partial charge in [0.25, 0.3) is 0 Å². The van der Waals surface area contributed by atoms with Crippen LogP contribution in [0.3, 0.4) is 0 Å². The summed E-state index contributed by atoms with van der Waals surface area (Å²) in [6.45, 7) is 6.53. The molecule has 5 nitrogen and oxygen atoms in total. The number of hydrogen-bond acceptors (Lipinski definition) is 4. The molecule has 0 saturated carbocycles. The fourth-order valence-electron chi connectivity index (χ4n) is 2.36. The number of oxime groups is 1. The molecule has 1 unspecified atom stereocenters. The average molecular weight is 263 g/mol. The first-order chi connectivity index (χ1) is 9.15. The Bertz CT molecular complexity index is 474. The number of morpholine rings is 1. The van der Waals surface area contributed by atoms with Gasteiger partial charge in [0.2, 0.25) is 0 Å². The molecule has 1 heterocycles. The van der Waals surface area contributed by atoms with Crippen LogP contribution in [0.5, 0.6) is 0 Å². The zero-order chi connectivity index (χ0) is 13.8. The van der Waals surface area contributed by atoms with E-state index in [1.165, 1.54) is 0 Å². The number of rotatable bonds is 3. The number of amidine groups is 1. The van der Waals surface area contributed by atoms with Gasteiger partial charge in [0.05, 0.1) is 12.7 Å². The lowest BCUT2D eigenvalue weighted by molar-refractivity contribution is 0.0384. The lowest BCUT2D eigenvalue weighted by Gasteiger charge is -2.35. The molecule has 0 aromatic heterocycles. The summed E-state index contributed by atoms with van der Waals surface area (Å²) in [6, 6.07) is 5.94. The molecule has 1 aliphatic heterocycles. The summed E-state index contributed by atoms with van der Waals surface area (Å²) in [5.41, 5.74) is 8.70. The molecule has 19 heavy (non-hydrogen) atoms. The van der Waals surface area contributed by atoms with E-state index in [0.29, 0.717) is 6.61 Å². The lowest BCUT2D eigenvalue weighted by atomic mass is 10.1. The Balaban J connectivity index is 2.34. The van der Waals surface area contributed by atoms with Crippen LogP contribution in [0.1, 0.15) is 24.5 Å². The van der Waals surface area contributed by atoms with Crippen LogP contribution in [-0.4, -0.2) is 36.8 Å². The summed E-state index contributed by atoms with van der Waals surface area (Å²) < 4.78 is 5.68. The first-order valence-electron chi connectivity index (χ1n) is 6.60. The second-order valence-corrected chi connectivity index (χ2v) is 4.85.